The topological polar surface area (TPSA) is 92.6 Å². The van der Waals surface area contributed by atoms with Gasteiger partial charge in [0.15, 0.2) is 0 Å². The molecule has 7 heteroatoms. The fourth-order valence-electron chi connectivity index (χ4n) is 3.05. The van der Waals surface area contributed by atoms with Crippen molar-refractivity contribution in [2.24, 2.45) is 0 Å². The van der Waals surface area contributed by atoms with Crippen LogP contribution in [0, 0.1) is 17.0 Å². The van der Waals surface area contributed by atoms with Gasteiger partial charge in [0.25, 0.3) is 11.6 Å². The molecule has 1 aliphatic heterocycles. The lowest BCUT2D eigenvalue weighted by Crippen LogP contribution is -2.27. The molecule has 0 saturated heterocycles. The third-order valence-electron chi connectivity index (χ3n) is 4.52. The van der Waals surface area contributed by atoms with Crippen molar-refractivity contribution in [3.63, 3.8) is 0 Å². The SMILES string of the molecule is CCC(=O)N1CCc2cc(C(=O)Nc3cc([N+](=O)[O-])ccc3C)ccc21. The van der Waals surface area contributed by atoms with Crippen molar-refractivity contribution in [3.05, 3.63) is 63.2 Å². The summed E-state index contributed by atoms with van der Waals surface area (Å²) in [5.41, 5.74) is 3.33. The summed E-state index contributed by atoms with van der Waals surface area (Å²) in [7, 11) is 0. The van der Waals surface area contributed by atoms with Gasteiger partial charge in [-0.3, -0.25) is 19.7 Å². The summed E-state index contributed by atoms with van der Waals surface area (Å²) in [6.07, 6.45) is 1.14. The molecular formula is C19H19N3O4. The summed E-state index contributed by atoms with van der Waals surface area (Å²) in [6, 6.07) is 9.58. The van der Waals surface area contributed by atoms with E-state index in [0.29, 0.717) is 30.6 Å². The molecule has 2 amide bonds. The molecule has 0 radical (unpaired) electrons. The molecule has 1 heterocycles. The maximum absolute atomic E-state index is 12.6. The monoisotopic (exact) mass is 353 g/mol. The van der Waals surface area contributed by atoms with Gasteiger partial charge in [0, 0.05) is 36.3 Å². The van der Waals surface area contributed by atoms with E-state index in [1.54, 1.807) is 36.1 Å². The van der Waals surface area contributed by atoms with E-state index in [1.165, 1.54) is 12.1 Å². The lowest BCUT2D eigenvalue weighted by atomic mass is 10.1. The van der Waals surface area contributed by atoms with Crippen LogP contribution in [0.15, 0.2) is 36.4 Å². The third kappa shape index (κ3) is 3.28. The Morgan fingerprint density at radius 1 is 1.23 bits per heavy atom. The molecule has 0 fully saturated rings. The number of hydrogen-bond acceptors (Lipinski definition) is 4. The zero-order valence-corrected chi connectivity index (χ0v) is 14.6. The van der Waals surface area contributed by atoms with Gasteiger partial charge in [-0.2, -0.15) is 0 Å². The van der Waals surface area contributed by atoms with Crippen LogP contribution >= 0.6 is 0 Å². The number of fused-ring (bicyclic) bond motifs is 1. The molecule has 0 unspecified atom stereocenters. The Bertz CT molecular complexity index is 908. The number of non-ortho nitro benzene ring substituents is 1. The average molecular weight is 353 g/mol. The van der Waals surface area contributed by atoms with Crippen LogP contribution in [0.3, 0.4) is 0 Å². The first-order chi connectivity index (χ1) is 12.4. The highest BCUT2D eigenvalue weighted by atomic mass is 16.6. The molecular weight excluding hydrogens is 334 g/mol. The molecule has 1 N–H and O–H groups in total. The first kappa shape index (κ1) is 17.6. The Labute approximate surface area is 150 Å². The van der Waals surface area contributed by atoms with Crippen molar-refractivity contribution >= 4 is 28.9 Å². The van der Waals surface area contributed by atoms with Crippen LogP contribution in [0.5, 0.6) is 0 Å². The van der Waals surface area contributed by atoms with Crippen LogP contribution < -0.4 is 10.2 Å². The third-order valence-corrected chi connectivity index (χ3v) is 4.52. The number of hydrogen-bond donors (Lipinski definition) is 1. The zero-order chi connectivity index (χ0) is 18.8. The summed E-state index contributed by atoms with van der Waals surface area (Å²) >= 11 is 0. The summed E-state index contributed by atoms with van der Waals surface area (Å²) in [4.78, 5) is 36.7. The van der Waals surface area contributed by atoms with Crippen LogP contribution in [-0.4, -0.2) is 23.3 Å². The summed E-state index contributed by atoms with van der Waals surface area (Å²) in [5.74, 6) is -0.273. The highest BCUT2D eigenvalue weighted by Crippen LogP contribution is 2.30. The Morgan fingerprint density at radius 2 is 2.00 bits per heavy atom. The Morgan fingerprint density at radius 3 is 2.69 bits per heavy atom. The largest absolute Gasteiger partial charge is 0.321 e. The van der Waals surface area contributed by atoms with Gasteiger partial charge in [0.05, 0.1) is 10.6 Å². The van der Waals surface area contributed by atoms with Gasteiger partial charge in [-0.1, -0.05) is 13.0 Å². The van der Waals surface area contributed by atoms with Crippen LogP contribution in [0.4, 0.5) is 17.1 Å². The van der Waals surface area contributed by atoms with Gasteiger partial charge in [-0.25, -0.2) is 0 Å². The van der Waals surface area contributed by atoms with E-state index < -0.39 is 4.92 Å². The smallest absolute Gasteiger partial charge is 0.271 e. The number of carbonyl (C=O) groups excluding carboxylic acids is 2. The molecule has 2 aromatic carbocycles. The normalized spacial score (nSPS) is 12.6. The zero-order valence-electron chi connectivity index (χ0n) is 14.6. The van der Waals surface area contributed by atoms with Crippen molar-refractivity contribution < 1.29 is 14.5 Å². The Kier molecular flexibility index (Phi) is 4.71. The van der Waals surface area contributed by atoms with Gasteiger partial charge in [0.2, 0.25) is 5.91 Å². The van der Waals surface area contributed by atoms with Crippen LogP contribution in [-0.2, 0) is 11.2 Å². The van der Waals surface area contributed by atoms with E-state index in [-0.39, 0.29) is 17.5 Å². The number of nitro benzene ring substituents is 1. The quantitative estimate of drug-likeness (QED) is 0.673. The number of nitrogens with one attached hydrogen (secondary N) is 1. The molecule has 2 aromatic rings. The summed E-state index contributed by atoms with van der Waals surface area (Å²) in [6.45, 7) is 4.22. The van der Waals surface area contributed by atoms with Crippen LogP contribution in [0.2, 0.25) is 0 Å². The van der Waals surface area contributed by atoms with Crippen LogP contribution in [0.1, 0.15) is 34.8 Å². The van der Waals surface area contributed by atoms with E-state index in [4.69, 9.17) is 0 Å². The molecule has 1 aliphatic rings. The standard InChI is InChI=1S/C19H19N3O4/c1-3-18(23)21-9-8-13-10-14(5-7-17(13)21)19(24)20-16-11-15(22(25)26)6-4-12(16)2/h4-7,10-11H,3,8-9H2,1-2H3,(H,20,24). The van der Waals surface area contributed by atoms with E-state index >= 15 is 0 Å². The molecule has 0 spiro atoms. The molecule has 134 valence electrons. The van der Waals surface area contributed by atoms with Crippen molar-refractivity contribution in [3.8, 4) is 0 Å². The number of benzene rings is 2. The van der Waals surface area contributed by atoms with Gasteiger partial charge < -0.3 is 10.2 Å². The van der Waals surface area contributed by atoms with Gasteiger partial charge in [-0.05, 0) is 42.7 Å². The molecule has 0 saturated carbocycles. The lowest BCUT2D eigenvalue weighted by Gasteiger charge is -2.16. The Hall–Kier alpha value is -3.22. The second kappa shape index (κ2) is 6.95. The molecule has 7 nitrogen and oxygen atoms in total. The molecule has 0 aromatic heterocycles. The van der Waals surface area contributed by atoms with Crippen molar-refractivity contribution in [1.82, 2.24) is 0 Å². The summed E-state index contributed by atoms with van der Waals surface area (Å²) < 4.78 is 0. The average Bonchev–Trinajstić information content (AvgIpc) is 3.05. The van der Waals surface area contributed by atoms with Crippen LogP contribution in [0.25, 0.3) is 0 Å². The highest BCUT2D eigenvalue weighted by Gasteiger charge is 2.24. The van der Waals surface area contributed by atoms with Gasteiger partial charge in [-0.15, -0.1) is 0 Å². The first-order valence-electron chi connectivity index (χ1n) is 8.40. The number of nitrogens with zero attached hydrogens (tertiary/aromatic N) is 2. The molecule has 0 atom stereocenters. The van der Waals surface area contributed by atoms with E-state index in [1.807, 2.05) is 6.92 Å². The minimum atomic E-state index is -0.496. The molecule has 26 heavy (non-hydrogen) atoms. The van der Waals surface area contributed by atoms with E-state index in [9.17, 15) is 19.7 Å². The van der Waals surface area contributed by atoms with Crippen molar-refractivity contribution in [1.29, 1.82) is 0 Å². The lowest BCUT2D eigenvalue weighted by molar-refractivity contribution is -0.384. The summed E-state index contributed by atoms with van der Waals surface area (Å²) in [5, 5.41) is 13.7. The fourth-order valence-corrected chi connectivity index (χ4v) is 3.05. The highest BCUT2D eigenvalue weighted by molar-refractivity contribution is 6.05. The number of carbonyl (C=O) groups is 2. The van der Waals surface area contributed by atoms with Crippen molar-refractivity contribution in [2.75, 3.05) is 16.8 Å². The predicted octanol–water partition coefficient (Wildman–Crippen LogP) is 3.45. The molecule has 0 aliphatic carbocycles. The predicted molar refractivity (Wildman–Crippen MR) is 98.6 cm³/mol. The number of aryl methyl sites for hydroxylation is 1. The van der Waals surface area contributed by atoms with Gasteiger partial charge >= 0.3 is 0 Å². The van der Waals surface area contributed by atoms with E-state index in [2.05, 4.69) is 5.32 Å². The maximum atomic E-state index is 12.6. The minimum absolute atomic E-state index is 0.0631. The van der Waals surface area contributed by atoms with Gasteiger partial charge in [0.1, 0.15) is 0 Å². The first-order valence-corrected chi connectivity index (χ1v) is 8.40. The van der Waals surface area contributed by atoms with E-state index in [0.717, 1.165) is 16.8 Å². The fraction of sp³-hybridized carbons (Fsp3) is 0.263. The number of anilines is 2. The molecule has 3 rings (SSSR count). The minimum Gasteiger partial charge on any atom is -0.321 e. The number of rotatable bonds is 4. The Balaban J connectivity index is 1.83. The van der Waals surface area contributed by atoms with Crippen molar-refractivity contribution in [2.45, 2.75) is 26.7 Å². The number of amides is 2. The second-order valence-electron chi connectivity index (χ2n) is 6.20. The molecule has 0 bridgehead atoms. The number of nitro groups is 1. The maximum Gasteiger partial charge on any atom is 0.271 e. The second-order valence-corrected chi connectivity index (χ2v) is 6.20.